The quantitative estimate of drug-likeness (QED) is 0.677. The van der Waals surface area contributed by atoms with Crippen LogP contribution in [0.3, 0.4) is 0 Å². The lowest BCUT2D eigenvalue weighted by Gasteiger charge is -2.13. The van der Waals surface area contributed by atoms with Crippen molar-refractivity contribution in [2.45, 2.75) is 20.3 Å². The summed E-state index contributed by atoms with van der Waals surface area (Å²) in [5.74, 6) is -0.903. The number of hydrogen-bond donors (Lipinski definition) is 2. The topological polar surface area (TPSA) is 93.7 Å². The molecule has 148 valence electrons. The highest BCUT2D eigenvalue weighted by Gasteiger charge is 2.17. The average Bonchev–Trinajstić information content (AvgIpc) is 2.67. The van der Waals surface area contributed by atoms with Gasteiger partial charge in [0.05, 0.1) is 35.6 Å². The summed E-state index contributed by atoms with van der Waals surface area (Å²) >= 11 is 6.15. The molecule has 0 bridgehead atoms. The second-order valence-electron chi connectivity index (χ2n) is 5.88. The van der Waals surface area contributed by atoms with Gasteiger partial charge in [0.1, 0.15) is 5.75 Å². The van der Waals surface area contributed by atoms with Gasteiger partial charge in [-0.25, -0.2) is 4.79 Å². The van der Waals surface area contributed by atoms with E-state index in [2.05, 4.69) is 10.6 Å². The molecule has 0 aromatic heterocycles. The molecule has 0 heterocycles. The summed E-state index contributed by atoms with van der Waals surface area (Å²) in [6, 6.07) is 9.22. The molecular formula is C20H21ClN2O5. The molecule has 7 nitrogen and oxygen atoms in total. The molecule has 28 heavy (non-hydrogen) atoms. The van der Waals surface area contributed by atoms with Crippen molar-refractivity contribution in [1.82, 2.24) is 0 Å². The molecule has 0 aliphatic heterocycles. The molecule has 2 aromatic carbocycles. The van der Waals surface area contributed by atoms with Crippen LogP contribution in [-0.2, 0) is 9.53 Å². The Morgan fingerprint density at radius 1 is 1.07 bits per heavy atom. The molecule has 0 aliphatic carbocycles. The van der Waals surface area contributed by atoms with Crippen molar-refractivity contribution in [1.29, 1.82) is 0 Å². The molecule has 0 saturated heterocycles. The maximum Gasteiger partial charge on any atom is 0.338 e. The van der Waals surface area contributed by atoms with Gasteiger partial charge >= 0.3 is 5.97 Å². The van der Waals surface area contributed by atoms with Crippen LogP contribution in [0, 0.1) is 0 Å². The number of rotatable bonds is 7. The van der Waals surface area contributed by atoms with E-state index in [0.717, 1.165) is 6.42 Å². The van der Waals surface area contributed by atoms with Crippen LogP contribution in [0.15, 0.2) is 36.4 Å². The lowest BCUT2D eigenvalue weighted by Crippen LogP contribution is -2.14. The number of carbonyl (C=O) groups is 3. The molecule has 0 spiro atoms. The van der Waals surface area contributed by atoms with Gasteiger partial charge in [-0.15, -0.1) is 0 Å². The predicted molar refractivity (Wildman–Crippen MR) is 107 cm³/mol. The Kier molecular flexibility index (Phi) is 7.40. The first kappa shape index (κ1) is 21.2. The maximum absolute atomic E-state index is 12.6. The molecule has 2 amide bonds. The van der Waals surface area contributed by atoms with Crippen LogP contribution < -0.4 is 15.4 Å². The number of carbonyl (C=O) groups excluding carboxylic acids is 3. The molecule has 0 unspecified atom stereocenters. The number of anilines is 2. The highest BCUT2D eigenvalue weighted by molar-refractivity contribution is 6.34. The smallest absolute Gasteiger partial charge is 0.338 e. The Labute approximate surface area is 168 Å². The predicted octanol–water partition coefficient (Wildman–Crippen LogP) is 4.13. The summed E-state index contributed by atoms with van der Waals surface area (Å²) in [7, 11) is 1.41. The van der Waals surface area contributed by atoms with E-state index in [1.165, 1.54) is 26.2 Å². The standard InChI is InChI=1S/C20H21ClN2O5/c1-4-9-28-20(26)13-5-7-14(8-6-13)23-19(25)15-10-16(21)17(22-12(2)24)11-18(15)27-3/h5-8,10-11H,4,9H2,1-3H3,(H,22,24)(H,23,25). The Morgan fingerprint density at radius 2 is 1.75 bits per heavy atom. The van der Waals surface area contributed by atoms with Crippen molar-refractivity contribution in [2.24, 2.45) is 0 Å². The van der Waals surface area contributed by atoms with Crippen LogP contribution in [0.1, 0.15) is 41.0 Å². The zero-order chi connectivity index (χ0) is 20.7. The number of ether oxygens (including phenoxy) is 2. The first-order valence-electron chi connectivity index (χ1n) is 8.59. The third kappa shape index (κ3) is 5.47. The third-order valence-electron chi connectivity index (χ3n) is 3.66. The lowest BCUT2D eigenvalue weighted by molar-refractivity contribution is -0.114. The highest BCUT2D eigenvalue weighted by Crippen LogP contribution is 2.31. The number of esters is 1. The summed E-state index contributed by atoms with van der Waals surface area (Å²) in [6.45, 7) is 3.62. The van der Waals surface area contributed by atoms with E-state index in [9.17, 15) is 14.4 Å². The van der Waals surface area contributed by atoms with E-state index in [-0.39, 0.29) is 22.2 Å². The van der Waals surface area contributed by atoms with E-state index in [4.69, 9.17) is 21.1 Å². The largest absolute Gasteiger partial charge is 0.496 e. The average molecular weight is 405 g/mol. The van der Waals surface area contributed by atoms with Crippen molar-refractivity contribution in [2.75, 3.05) is 24.4 Å². The van der Waals surface area contributed by atoms with Crippen LogP contribution in [0.2, 0.25) is 5.02 Å². The molecule has 8 heteroatoms. The number of methoxy groups -OCH3 is 1. The Balaban J connectivity index is 2.17. The summed E-state index contributed by atoms with van der Waals surface area (Å²) in [5, 5.41) is 5.49. The Bertz CT molecular complexity index is 881. The molecule has 0 aliphatic rings. The third-order valence-corrected chi connectivity index (χ3v) is 3.97. The van der Waals surface area contributed by atoms with Gasteiger partial charge in [0, 0.05) is 18.7 Å². The SMILES string of the molecule is CCCOC(=O)c1ccc(NC(=O)c2cc(Cl)c(NC(C)=O)cc2OC)cc1. The van der Waals surface area contributed by atoms with Gasteiger partial charge in [0.15, 0.2) is 0 Å². The van der Waals surface area contributed by atoms with Gasteiger partial charge in [-0.1, -0.05) is 18.5 Å². The zero-order valence-electron chi connectivity index (χ0n) is 15.8. The fourth-order valence-corrected chi connectivity index (χ4v) is 2.56. The monoisotopic (exact) mass is 404 g/mol. The van der Waals surface area contributed by atoms with E-state index in [0.29, 0.717) is 23.5 Å². The fraction of sp³-hybridized carbons (Fsp3) is 0.250. The minimum atomic E-state index is -0.450. The summed E-state index contributed by atoms with van der Waals surface area (Å²) in [5.41, 5.74) is 1.43. The van der Waals surface area contributed by atoms with Gasteiger partial charge in [-0.3, -0.25) is 9.59 Å². The Hall–Kier alpha value is -3.06. The molecule has 2 N–H and O–H groups in total. The van der Waals surface area contributed by atoms with E-state index in [1.807, 2.05) is 6.92 Å². The Morgan fingerprint density at radius 3 is 2.32 bits per heavy atom. The van der Waals surface area contributed by atoms with E-state index >= 15 is 0 Å². The fourth-order valence-electron chi connectivity index (χ4n) is 2.35. The minimum Gasteiger partial charge on any atom is -0.496 e. The number of nitrogens with one attached hydrogen (secondary N) is 2. The summed E-state index contributed by atoms with van der Waals surface area (Å²) in [6.07, 6.45) is 0.741. The molecule has 0 radical (unpaired) electrons. The molecule has 0 saturated carbocycles. The second kappa shape index (κ2) is 9.75. The van der Waals surface area contributed by atoms with Crippen molar-refractivity contribution in [3.05, 3.63) is 52.5 Å². The van der Waals surface area contributed by atoms with Crippen LogP contribution in [0.25, 0.3) is 0 Å². The molecule has 0 fully saturated rings. The molecule has 0 atom stereocenters. The number of hydrogen-bond acceptors (Lipinski definition) is 5. The molecule has 2 aromatic rings. The lowest BCUT2D eigenvalue weighted by atomic mass is 10.1. The van der Waals surface area contributed by atoms with Gasteiger partial charge in [0.25, 0.3) is 5.91 Å². The minimum absolute atomic E-state index is 0.202. The summed E-state index contributed by atoms with van der Waals surface area (Å²) in [4.78, 5) is 35.7. The molecular weight excluding hydrogens is 384 g/mol. The van der Waals surface area contributed by atoms with Crippen molar-refractivity contribution < 1.29 is 23.9 Å². The second-order valence-corrected chi connectivity index (χ2v) is 6.29. The highest BCUT2D eigenvalue weighted by atomic mass is 35.5. The van der Waals surface area contributed by atoms with Crippen LogP contribution in [0.4, 0.5) is 11.4 Å². The van der Waals surface area contributed by atoms with Crippen molar-refractivity contribution in [3.8, 4) is 5.75 Å². The van der Waals surface area contributed by atoms with E-state index < -0.39 is 11.9 Å². The number of amides is 2. The van der Waals surface area contributed by atoms with Gasteiger partial charge in [-0.05, 0) is 36.8 Å². The van der Waals surface area contributed by atoms with Gasteiger partial charge in [-0.2, -0.15) is 0 Å². The van der Waals surface area contributed by atoms with E-state index in [1.54, 1.807) is 24.3 Å². The molecule has 2 rings (SSSR count). The summed E-state index contributed by atoms with van der Waals surface area (Å²) < 4.78 is 10.3. The van der Waals surface area contributed by atoms with Crippen LogP contribution in [0.5, 0.6) is 5.75 Å². The maximum atomic E-state index is 12.6. The zero-order valence-corrected chi connectivity index (χ0v) is 16.6. The first-order valence-corrected chi connectivity index (χ1v) is 8.97. The van der Waals surface area contributed by atoms with Crippen LogP contribution in [-0.4, -0.2) is 31.5 Å². The van der Waals surface area contributed by atoms with Gasteiger partial charge < -0.3 is 20.1 Å². The van der Waals surface area contributed by atoms with Gasteiger partial charge in [0.2, 0.25) is 5.91 Å². The van der Waals surface area contributed by atoms with Crippen LogP contribution >= 0.6 is 11.6 Å². The normalized spacial score (nSPS) is 10.1. The number of benzene rings is 2. The first-order chi connectivity index (χ1) is 13.3. The van der Waals surface area contributed by atoms with Crippen molar-refractivity contribution >= 4 is 40.8 Å². The van der Waals surface area contributed by atoms with Crippen molar-refractivity contribution in [3.63, 3.8) is 0 Å². The number of halogens is 1.